The van der Waals surface area contributed by atoms with Crippen LogP contribution in [0.5, 0.6) is 0 Å². The summed E-state index contributed by atoms with van der Waals surface area (Å²) in [5, 5.41) is 10.1. The van der Waals surface area contributed by atoms with E-state index in [0.29, 0.717) is 30.8 Å². The van der Waals surface area contributed by atoms with E-state index in [-0.39, 0.29) is 39.1 Å². The predicted molar refractivity (Wildman–Crippen MR) is 150 cm³/mol. The molecule has 0 saturated heterocycles. The van der Waals surface area contributed by atoms with Crippen molar-refractivity contribution >= 4 is 11.9 Å². The molecular weight excluding hydrogens is 474 g/mol. The number of hydrogen-bond acceptors (Lipinski definition) is 3. The van der Waals surface area contributed by atoms with Gasteiger partial charge < -0.3 is 15.6 Å². The van der Waals surface area contributed by atoms with E-state index in [1.165, 1.54) is 32.1 Å². The molecule has 0 radical (unpaired) electrons. The maximum Gasteiger partial charge on any atom is 0.309 e. The van der Waals surface area contributed by atoms with Gasteiger partial charge in [0, 0.05) is 6.42 Å². The molecule has 0 heterocycles. The van der Waals surface area contributed by atoms with E-state index in [9.17, 15) is 14.7 Å². The van der Waals surface area contributed by atoms with Crippen molar-refractivity contribution in [1.29, 1.82) is 0 Å². The lowest BCUT2D eigenvalue weighted by atomic mass is 9.33. The normalized spacial score (nSPS) is 49.5. The number of carboxylic acids is 1. The maximum absolute atomic E-state index is 12.3. The van der Waals surface area contributed by atoms with E-state index in [2.05, 4.69) is 47.6 Å². The summed E-state index contributed by atoms with van der Waals surface area (Å²) in [5.41, 5.74) is 7.26. The SMILES string of the molecule is CC1(C)[C@@H](OCCC(N)=O)CC[C@]2(C)[C@H]3CC=C4[C@@H]5C[C@@](C)(C(=O)O)CC[C@]5(C)CC[C@@]4(C)[C@]3(C)CC[C@@H]12. The van der Waals surface area contributed by atoms with Crippen LogP contribution in [0.4, 0.5) is 0 Å². The topological polar surface area (TPSA) is 89.6 Å². The Labute approximate surface area is 230 Å². The van der Waals surface area contributed by atoms with Crippen LogP contribution >= 0.6 is 0 Å². The molecular formula is C33H53NO4. The fourth-order valence-electron chi connectivity index (χ4n) is 11.1. The molecule has 5 nitrogen and oxygen atoms in total. The van der Waals surface area contributed by atoms with E-state index in [1.54, 1.807) is 5.57 Å². The van der Waals surface area contributed by atoms with E-state index in [0.717, 1.165) is 32.1 Å². The van der Waals surface area contributed by atoms with Crippen LogP contribution in [0.15, 0.2) is 11.6 Å². The molecule has 0 aliphatic heterocycles. The molecule has 0 unspecified atom stereocenters. The van der Waals surface area contributed by atoms with Gasteiger partial charge in [-0.15, -0.1) is 0 Å². The number of aliphatic carboxylic acids is 1. The Kier molecular flexibility index (Phi) is 6.54. The second-order valence-corrected chi connectivity index (χ2v) is 16.0. The van der Waals surface area contributed by atoms with Crippen LogP contribution < -0.4 is 5.73 Å². The van der Waals surface area contributed by atoms with Gasteiger partial charge in [0.25, 0.3) is 0 Å². The first-order valence-electron chi connectivity index (χ1n) is 15.4. The van der Waals surface area contributed by atoms with Crippen molar-refractivity contribution in [3.8, 4) is 0 Å². The van der Waals surface area contributed by atoms with Crippen LogP contribution in [0.25, 0.3) is 0 Å². The molecule has 38 heavy (non-hydrogen) atoms. The summed E-state index contributed by atoms with van der Waals surface area (Å²) in [4.78, 5) is 23.6. The third-order valence-corrected chi connectivity index (χ3v) is 14.0. The first-order valence-corrected chi connectivity index (χ1v) is 15.4. The summed E-state index contributed by atoms with van der Waals surface area (Å²) in [6, 6.07) is 0. The Hall–Kier alpha value is -1.36. The molecule has 4 saturated carbocycles. The van der Waals surface area contributed by atoms with Crippen LogP contribution in [0.1, 0.15) is 119 Å². The molecule has 3 N–H and O–H groups in total. The monoisotopic (exact) mass is 527 g/mol. The Morgan fingerprint density at radius 3 is 2.29 bits per heavy atom. The van der Waals surface area contributed by atoms with Crippen LogP contribution in [0.3, 0.4) is 0 Å². The van der Waals surface area contributed by atoms with Crippen molar-refractivity contribution in [3.05, 3.63) is 11.6 Å². The Morgan fingerprint density at radius 1 is 0.947 bits per heavy atom. The van der Waals surface area contributed by atoms with E-state index in [1.807, 2.05) is 6.92 Å². The number of rotatable bonds is 5. The lowest BCUT2D eigenvalue weighted by Gasteiger charge is -2.71. The number of amides is 1. The average molecular weight is 528 g/mol. The number of carbonyl (C=O) groups excluding carboxylic acids is 1. The third kappa shape index (κ3) is 3.79. The number of ether oxygens (including phenoxy) is 1. The lowest BCUT2D eigenvalue weighted by Crippen LogP contribution is -2.64. The fourth-order valence-corrected chi connectivity index (χ4v) is 11.1. The molecule has 5 heteroatoms. The van der Waals surface area contributed by atoms with Gasteiger partial charge in [0.2, 0.25) is 5.91 Å². The number of carboxylic acid groups (broad SMARTS) is 1. The molecule has 5 aliphatic rings. The molecule has 0 aromatic carbocycles. The fraction of sp³-hybridized carbons (Fsp3) is 0.879. The summed E-state index contributed by atoms with van der Waals surface area (Å²) in [6.07, 6.45) is 13.9. The van der Waals surface area contributed by atoms with E-state index < -0.39 is 11.4 Å². The highest BCUT2D eigenvalue weighted by Gasteiger charge is 2.68. The summed E-state index contributed by atoms with van der Waals surface area (Å²) < 4.78 is 6.32. The molecule has 0 aromatic rings. The molecule has 9 atom stereocenters. The van der Waals surface area contributed by atoms with Gasteiger partial charge in [0.05, 0.1) is 18.1 Å². The van der Waals surface area contributed by atoms with E-state index in [4.69, 9.17) is 10.5 Å². The number of allylic oxidation sites excluding steroid dienone is 2. The smallest absolute Gasteiger partial charge is 0.309 e. The highest BCUT2D eigenvalue weighted by Crippen LogP contribution is 2.75. The standard InChI is InChI=1S/C33H53NO4/c1-28(2)23-10-14-33(7)24(31(23,5)13-11-25(28)38-19-12-26(34)35)9-8-21-22-20-30(4,27(36)37)16-15-29(22,3)17-18-32(21,33)6/h8,22-25H,9-20H2,1-7H3,(H2,34,35)(H,36,37)/t22-,23-,24+,25-,29+,30-,31-,32+,33+/m0/s1. The van der Waals surface area contributed by atoms with Crippen molar-refractivity contribution in [2.75, 3.05) is 6.61 Å². The van der Waals surface area contributed by atoms with Crippen molar-refractivity contribution < 1.29 is 19.4 Å². The van der Waals surface area contributed by atoms with Gasteiger partial charge in [-0.25, -0.2) is 0 Å². The molecule has 0 aromatic heterocycles. The molecule has 0 bridgehead atoms. The second-order valence-electron chi connectivity index (χ2n) is 16.0. The van der Waals surface area contributed by atoms with Gasteiger partial charge >= 0.3 is 5.97 Å². The molecule has 5 rings (SSSR count). The highest BCUT2D eigenvalue weighted by molar-refractivity contribution is 5.74. The number of hydrogen-bond donors (Lipinski definition) is 2. The van der Waals surface area contributed by atoms with Crippen LogP contribution in [-0.4, -0.2) is 29.7 Å². The molecule has 1 amide bonds. The zero-order valence-electron chi connectivity index (χ0n) is 25.1. The Bertz CT molecular complexity index is 1030. The predicted octanol–water partition coefficient (Wildman–Crippen LogP) is 7.13. The minimum atomic E-state index is -0.614. The van der Waals surface area contributed by atoms with Gasteiger partial charge in [-0.05, 0) is 116 Å². The van der Waals surface area contributed by atoms with Gasteiger partial charge in [0.15, 0.2) is 0 Å². The van der Waals surface area contributed by atoms with Crippen LogP contribution in [0.2, 0.25) is 0 Å². The number of primary amides is 1. The summed E-state index contributed by atoms with van der Waals surface area (Å²) in [7, 11) is 0. The largest absolute Gasteiger partial charge is 0.481 e. The molecule has 5 aliphatic carbocycles. The average Bonchev–Trinajstić information content (AvgIpc) is 2.82. The number of carbonyl (C=O) groups is 2. The number of fused-ring (bicyclic) bond motifs is 7. The molecule has 4 fully saturated rings. The van der Waals surface area contributed by atoms with Gasteiger partial charge in [-0.2, -0.15) is 0 Å². The Balaban J connectivity index is 1.47. The molecule has 0 spiro atoms. The zero-order chi connectivity index (χ0) is 27.9. The van der Waals surface area contributed by atoms with Gasteiger partial charge in [-0.1, -0.05) is 53.2 Å². The highest BCUT2D eigenvalue weighted by atomic mass is 16.5. The third-order valence-electron chi connectivity index (χ3n) is 14.0. The second kappa shape index (κ2) is 8.82. The summed E-state index contributed by atoms with van der Waals surface area (Å²) in [5.74, 6) is 0.674. The van der Waals surface area contributed by atoms with E-state index >= 15 is 0 Å². The van der Waals surface area contributed by atoms with Crippen molar-refractivity contribution in [3.63, 3.8) is 0 Å². The summed E-state index contributed by atoms with van der Waals surface area (Å²) >= 11 is 0. The van der Waals surface area contributed by atoms with Crippen LogP contribution in [-0.2, 0) is 14.3 Å². The minimum Gasteiger partial charge on any atom is -0.481 e. The quantitative estimate of drug-likeness (QED) is 0.372. The molecule has 214 valence electrons. The summed E-state index contributed by atoms with van der Waals surface area (Å²) in [6.45, 7) is 17.4. The zero-order valence-corrected chi connectivity index (χ0v) is 25.1. The number of nitrogens with two attached hydrogens (primary N) is 1. The van der Waals surface area contributed by atoms with Crippen molar-refractivity contribution in [2.45, 2.75) is 125 Å². The van der Waals surface area contributed by atoms with Gasteiger partial charge in [0.1, 0.15) is 0 Å². The van der Waals surface area contributed by atoms with Crippen LogP contribution in [0, 0.1) is 50.2 Å². The van der Waals surface area contributed by atoms with Gasteiger partial charge in [-0.3, -0.25) is 9.59 Å². The minimum absolute atomic E-state index is 0.0503. The first-order chi connectivity index (χ1) is 17.5. The Morgan fingerprint density at radius 2 is 1.63 bits per heavy atom. The van der Waals surface area contributed by atoms with Crippen molar-refractivity contribution in [2.24, 2.45) is 56.0 Å². The lowest BCUT2D eigenvalue weighted by molar-refractivity contribution is -0.211. The maximum atomic E-state index is 12.3. The first kappa shape index (κ1) is 28.2. The van der Waals surface area contributed by atoms with Crippen molar-refractivity contribution in [1.82, 2.24) is 0 Å².